The molecular formula is C19H23N5O4S. The molecule has 4 rings (SSSR count). The zero-order valence-corrected chi connectivity index (χ0v) is 16.7. The number of ether oxygens (including phenoxy) is 1. The van der Waals surface area contributed by atoms with Gasteiger partial charge in [-0.05, 0) is 18.6 Å². The first-order chi connectivity index (χ1) is 14.1. The molecule has 2 aromatic heterocycles. The molecule has 0 aliphatic carbocycles. The number of thioether (sulfide) groups is 1. The zero-order valence-electron chi connectivity index (χ0n) is 15.8. The van der Waals surface area contributed by atoms with Gasteiger partial charge in [0.2, 0.25) is 0 Å². The molecule has 0 radical (unpaired) electrons. The largest absolute Gasteiger partial charge is 0.394 e. The molecule has 1 aliphatic heterocycles. The Morgan fingerprint density at radius 1 is 1.17 bits per heavy atom. The van der Waals surface area contributed by atoms with E-state index in [0.717, 1.165) is 17.9 Å². The van der Waals surface area contributed by atoms with E-state index in [9.17, 15) is 15.3 Å². The Morgan fingerprint density at radius 2 is 1.97 bits per heavy atom. The summed E-state index contributed by atoms with van der Waals surface area (Å²) in [7, 11) is 0. The van der Waals surface area contributed by atoms with Gasteiger partial charge in [0, 0.05) is 11.4 Å². The number of hydrogen-bond donors (Lipinski definition) is 4. The lowest BCUT2D eigenvalue weighted by Gasteiger charge is -2.17. The highest BCUT2D eigenvalue weighted by Gasteiger charge is 2.44. The van der Waals surface area contributed by atoms with Crippen LogP contribution in [0, 0.1) is 0 Å². The minimum atomic E-state index is -1.21. The van der Waals surface area contributed by atoms with Crippen LogP contribution < -0.4 is 5.32 Å². The van der Waals surface area contributed by atoms with Crippen LogP contribution in [0.3, 0.4) is 0 Å². The van der Waals surface area contributed by atoms with Gasteiger partial charge < -0.3 is 25.4 Å². The van der Waals surface area contributed by atoms with Crippen molar-refractivity contribution in [2.75, 3.05) is 17.7 Å². The molecule has 0 spiro atoms. The van der Waals surface area contributed by atoms with Crippen molar-refractivity contribution in [2.24, 2.45) is 0 Å². The minimum Gasteiger partial charge on any atom is -0.394 e. The Morgan fingerprint density at radius 3 is 2.66 bits per heavy atom. The molecule has 4 atom stereocenters. The van der Waals surface area contributed by atoms with Crippen LogP contribution >= 0.6 is 11.8 Å². The number of hydrogen-bond acceptors (Lipinski definition) is 9. The van der Waals surface area contributed by atoms with Gasteiger partial charge in [-0.1, -0.05) is 36.9 Å². The molecule has 0 amide bonds. The van der Waals surface area contributed by atoms with E-state index in [1.54, 1.807) is 4.57 Å². The standard InChI is InChI=1S/C19H23N5O4S/c1-2-8-29-19-22-16(21-11-6-4-3-5-7-11)13-17(23-19)24(10-20-13)18-15(27)14(26)12(9-25)28-18/h3-7,10,12,14-15,18,25-27H,2,8-9H2,1H3,(H,21,22,23)/t12-,14?,15?,18-/m1/s1. The van der Waals surface area contributed by atoms with Crippen molar-refractivity contribution in [3.05, 3.63) is 36.7 Å². The van der Waals surface area contributed by atoms with Crippen molar-refractivity contribution in [1.29, 1.82) is 0 Å². The molecule has 1 fully saturated rings. The number of aromatic nitrogens is 4. The van der Waals surface area contributed by atoms with Crippen molar-refractivity contribution in [2.45, 2.75) is 43.0 Å². The van der Waals surface area contributed by atoms with Gasteiger partial charge in [0.1, 0.15) is 18.3 Å². The Bertz CT molecular complexity index is 970. The predicted octanol–water partition coefficient (Wildman–Crippen LogP) is 1.68. The summed E-state index contributed by atoms with van der Waals surface area (Å²) in [6.45, 7) is 1.69. The minimum absolute atomic E-state index is 0.394. The summed E-state index contributed by atoms with van der Waals surface area (Å²) < 4.78 is 7.23. The lowest BCUT2D eigenvalue weighted by molar-refractivity contribution is -0.0511. The van der Waals surface area contributed by atoms with Crippen molar-refractivity contribution in [1.82, 2.24) is 19.5 Å². The lowest BCUT2D eigenvalue weighted by Crippen LogP contribution is -2.33. The normalized spacial score (nSPS) is 24.3. The second-order valence-corrected chi connectivity index (χ2v) is 7.81. The van der Waals surface area contributed by atoms with E-state index in [1.165, 1.54) is 18.1 Å². The van der Waals surface area contributed by atoms with Gasteiger partial charge in [-0.15, -0.1) is 0 Å². The first kappa shape index (κ1) is 20.0. The molecule has 29 heavy (non-hydrogen) atoms. The summed E-state index contributed by atoms with van der Waals surface area (Å²) in [4.78, 5) is 13.6. The van der Waals surface area contributed by atoms with Crippen LogP contribution in [0.5, 0.6) is 0 Å². The number of rotatable bonds is 7. The fraction of sp³-hybridized carbons (Fsp3) is 0.421. The van der Waals surface area contributed by atoms with Gasteiger partial charge in [0.25, 0.3) is 0 Å². The van der Waals surface area contributed by atoms with Crippen molar-refractivity contribution in [3.63, 3.8) is 0 Å². The Labute approximate surface area is 171 Å². The highest BCUT2D eigenvalue weighted by atomic mass is 32.2. The van der Waals surface area contributed by atoms with E-state index >= 15 is 0 Å². The maximum Gasteiger partial charge on any atom is 0.191 e. The van der Waals surface area contributed by atoms with E-state index in [-0.39, 0.29) is 0 Å². The lowest BCUT2D eigenvalue weighted by atomic mass is 10.1. The Hall–Kier alpha value is -2.24. The second kappa shape index (κ2) is 8.64. The summed E-state index contributed by atoms with van der Waals surface area (Å²) >= 11 is 1.52. The van der Waals surface area contributed by atoms with E-state index in [2.05, 4.69) is 27.2 Å². The average molecular weight is 417 g/mol. The summed E-state index contributed by atoms with van der Waals surface area (Å²) in [5, 5.41) is 33.7. The smallest absolute Gasteiger partial charge is 0.191 e. The van der Waals surface area contributed by atoms with Crippen LogP contribution in [0.1, 0.15) is 19.6 Å². The number of fused-ring (bicyclic) bond motifs is 1. The molecule has 2 unspecified atom stereocenters. The Kier molecular flexibility index (Phi) is 5.97. The van der Waals surface area contributed by atoms with Crippen LogP contribution in [-0.2, 0) is 4.74 Å². The van der Waals surface area contributed by atoms with Crippen LogP contribution in [0.15, 0.2) is 41.8 Å². The summed E-state index contributed by atoms with van der Waals surface area (Å²) in [6, 6.07) is 9.63. The maximum atomic E-state index is 10.4. The third kappa shape index (κ3) is 3.94. The van der Waals surface area contributed by atoms with Gasteiger partial charge in [-0.25, -0.2) is 15.0 Å². The molecule has 0 bridgehead atoms. The number of benzene rings is 1. The topological polar surface area (TPSA) is 126 Å². The number of imidazole rings is 1. The van der Waals surface area contributed by atoms with Crippen LogP contribution in [0.25, 0.3) is 11.2 Å². The molecule has 154 valence electrons. The van der Waals surface area contributed by atoms with Crippen LogP contribution in [-0.4, -0.2) is 65.5 Å². The third-order valence-corrected chi connectivity index (χ3v) is 5.72. The van der Waals surface area contributed by atoms with E-state index in [0.29, 0.717) is 22.1 Å². The summed E-state index contributed by atoms with van der Waals surface area (Å²) in [5.74, 6) is 1.41. The van der Waals surface area contributed by atoms with Crippen molar-refractivity contribution < 1.29 is 20.1 Å². The van der Waals surface area contributed by atoms with Crippen molar-refractivity contribution >= 4 is 34.4 Å². The number of nitrogens with zero attached hydrogens (tertiary/aromatic N) is 4. The van der Waals surface area contributed by atoms with E-state index in [4.69, 9.17) is 4.74 Å². The molecule has 3 aromatic rings. The van der Waals surface area contributed by atoms with E-state index in [1.807, 2.05) is 30.3 Å². The predicted molar refractivity (Wildman–Crippen MR) is 109 cm³/mol. The van der Waals surface area contributed by atoms with Gasteiger partial charge in [0.15, 0.2) is 28.4 Å². The molecule has 10 heteroatoms. The highest BCUT2D eigenvalue weighted by molar-refractivity contribution is 7.99. The number of para-hydroxylation sites is 1. The molecule has 3 heterocycles. The molecule has 4 N–H and O–H groups in total. The second-order valence-electron chi connectivity index (χ2n) is 6.75. The molecular weight excluding hydrogens is 394 g/mol. The third-order valence-electron chi connectivity index (χ3n) is 4.66. The monoisotopic (exact) mass is 417 g/mol. The quantitative estimate of drug-likeness (QED) is 0.335. The zero-order chi connectivity index (χ0) is 20.4. The molecule has 1 aromatic carbocycles. The van der Waals surface area contributed by atoms with Gasteiger partial charge >= 0.3 is 0 Å². The van der Waals surface area contributed by atoms with Gasteiger partial charge in [-0.2, -0.15) is 0 Å². The number of aliphatic hydroxyl groups is 3. The summed E-state index contributed by atoms with van der Waals surface area (Å²) in [6.07, 6.45) is -1.70. The fourth-order valence-corrected chi connectivity index (χ4v) is 3.89. The van der Waals surface area contributed by atoms with Gasteiger partial charge in [0.05, 0.1) is 12.9 Å². The highest BCUT2D eigenvalue weighted by Crippen LogP contribution is 2.33. The first-order valence-corrected chi connectivity index (χ1v) is 10.4. The van der Waals surface area contributed by atoms with E-state index < -0.39 is 31.1 Å². The molecule has 9 nitrogen and oxygen atoms in total. The number of aliphatic hydroxyl groups excluding tert-OH is 3. The average Bonchev–Trinajstić information content (AvgIpc) is 3.28. The maximum absolute atomic E-state index is 10.4. The van der Waals surface area contributed by atoms with Crippen LogP contribution in [0.2, 0.25) is 0 Å². The first-order valence-electron chi connectivity index (χ1n) is 9.44. The number of nitrogens with one attached hydrogen (secondary N) is 1. The molecule has 1 saturated heterocycles. The van der Waals surface area contributed by atoms with Crippen LogP contribution in [0.4, 0.5) is 11.5 Å². The Balaban J connectivity index is 1.76. The summed E-state index contributed by atoms with van der Waals surface area (Å²) in [5.41, 5.74) is 1.86. The fourth-order valence-electron chi connectivity index (χ4n) is 3.20. The van der Waals surface area contributed by atoms with Gasteiger partial charge in [-0.3, -0.25) is 4.57 Å². The van der Waals surface area contributed by atoms with Crippen molar-refractivity contribution in [3.8, 4) is 0 Å². The molecule has 0 saturated carbocycles. The molecule has 1 aliphatic rings. The number of anilines is 2. The SMILES string of the molecule is CCCSc1nc(Nc2ccccc2)c2ncn([C@@H]3O[C@H](CO)C(O)C3O)c2n1.